The Labute approximate surface area is 243 Å². The largest absolute Gasteiger partial charge is 0.496 e. The molecular formula is C33H32N2O5S. The molecule has 4 aromatic rings. The minimum Gasteiger partial charge on any atom is -0.496 e. The number of pyridine rings is 1. The summed E-state index contributed by atoms with van der Waals surface area (Å²) in [5.74, 6) is 0.148. The zero-order valence-corrected chi connectivity index (χ0v) is 24.6. The summed E-state index contributed by atoms with van der Waals surface area (Å²) in [4.78, 5) is 31.1. The fourth-order valence-corrected chi connectivity index (χ4v) is 5.91. The van der Waals surface area contributed by atoms with Crippen molar-refractivity contribution in [1.82, 2.24) is 4.98 Å². The van der Waals surface area contributed by atoms with Crippen molar-refractivity contribution in [2.24, 2.45) is 0 Å². The van der Waals surface area contributed by atoms with Gasteiger partial charge in [0.2, 0.25) is 0 Å². The number of aromatic nitrogens is 1. The lowest BCUT2D eigenvalue weighted by atomic mass is 9.85. The van der Waals surface area contributed by atoms with Crippen molar-refractivity contribution in [3.05, 3.63) is 99.5 Å². The predicted molar refractivity (Wildman–Crippen MR) is 162 cm³/mol. The second-order valence-corrected chi connectivity index (χ2v) is 11.8. The van der Waals surface area contributed by atoms with Gasteiger partial charge in [-0.25, -0.2) is 4.79 Å². The Balaban J connectivity index is 1.49. The van der Waals surface area contributed by atoms with E-state index in [0.29, 0.717) is 16.4 Å². The highest BCUT2D eigenvalue weighted by Gasteiger charge is 2.27. The molecule has 41 heavy (non-hydrogen) atoms. The number of allylic oxidation sites excluding steroid dienone is 1. The van der Waals surface area contributed by atoms with Crippen molar-refractivity contribution in [3.63, 3.8) is 0 Å². The van der Waals surface area contributed by atoms with Gasteiger partial charge in [-0.15, -0.1) is 11.3 Å². The lowest BCUT2D eigenvalue weighted by Gasteiger charge is -2.33. The fraction of sp³-hybridized carbons (Fsp3) is 0.242. The summed E-state index contributed by atoms with van der Waals surface area (Å²) in [6.07, 6.45) is 5.58. The standard InChI is InChI=1S/C33H32N2O5S/c1-20-17-33(3,4)35-27-12-11-24(26(31(20)27)19-39-32(37)29-13-8-21(2)41-29)25-10-9-23(16-28(25)38-5)40-30(36)15-22-7-6-14-34-18-22/h6-14,16-18,35H,15,19H2,1-5H3. The summed E-state index contributed by atoms with van der Waals surface area (Å²) in [7, 11) is 1.58. The Bertz CT molecular complexity index is 1640. The molecule has 1 N–H and O–H groups in total. The van der Waals surface area contributed by atoms with E-state index in [1.807, 2.05) is 37.3 Å². The minimum atomic E-state index is -0.396. The first-order valence-corrected chi connectivity index (χ1v) is 14.1. The molecule has 0 unspecified atom stereocenters. The summed E-state index contributed by atoms with van der Waals surface area (Å²) in [6.45, 7) is 8.33. The summed E-state index contributed by atoms with van der Waals surface area (Å²) in [5.41, 5.74) is 6.11. The molecule has 0 saturated heterocycles. The number of thiophene rings is 1. The molecule has 0 bridgehead atoms. The van der Waals surface area contributed by atoms with Crippen LogP contribution in [-0.2, 0) is 22.6 Å². The van der Waals surface area contributed by atoms with Crippen LogP contribution in [-0.4, -0.2) is 29.6 Å². The Hall–Kier alpha value is -4.43. The van der Waals surface area contributed by atoms with Gasteiger partial charge in [-0.1, -0.05) is 18.2 Å². The average molecular weight is 569 g/mol. The Morgan fingerprint density at radius 1 is 1.02 bits per heavy atom. The van der Waals surface area contributed by atoms with Gasteiger partial charge in [-0.2, -0.15) is 0 Å². The molecular weight excluding hydrogens is 536 g/mol. The van der Waals surface area contributed by atoms with Gasteiger partial charge in [-0.05, 0) is 80.8 Å². The van der Waals surface area contributed by atoms with Crippen LogP contribution in [0.2, 0.25) is 0 Å². The fourth-order valence-electron chi connectivity index (χ4n) is 5.15. The van der Waals surface area contributed by atoms with Crippen molar-refractivity contribution < 1.29 is 23.8 Å². The van der Waals surface area contributed by atoms with E-state index in [-0.39, 0.29) is 24.5 Å². The highest BCUT2D eigenvalue weighted by Crippen LogP contribution is 2.43. The van der Waals surface area contributed by atoms with Crippen molar-refractivity contribution in [1.29, 1.82) is 0 Å². The number of carbonyl (C=O) groups excluding carboxylic acids is 2. The molecule has 3 heterocycles. The van der Waals surface area contributed by atoms with Crippen LogP contribution in [0.4, 0.5) is 5.69 Å². The van der Waals surface area contributed by atoms with Gasteiger partial charge in [0.25, 0.3) is 0 Å². The molecule has 0 fully saturated rings. The molecule has 0 saturated carbocycles. The molecule has 2 aromatic carbocycles. The van der Waals surface area contributed by atoms with Gasteiger partial charge in [0.05, 0.1) is 19.1 Å². The number of nitrogens with zero attached hydrogens (tertiary/aromatic N) is 1. The van der Waals surface area contributed by atoms with Crippen LogP contribution in [0.3, 0.4) is 0 Å². The monoisotopic (exact) mass is 568 g/mol. The van der Waals surface area contributed by atoms with Gasteiger partial charge in [0.1, 0.15) is 23.0 Å². The van der Waals surface area contributed by atoms with E-state index in [9.17, 15) is 9.59 Å². The van der Waals surface area contributed by atoms with Gasteiger partial charge in [0.15, 0.2) is 0 Å². The van der Waals surface area contributed by atoms with E-state index in [1.165, 1.54) is 11.3 Å². The Kier molecular flexibility index (Phi) is 7.94. The zero-order valence-electron chi connectivity index (χ0n) is 23.7. The predicted octanol–water partition coefficient (Wildman–Crippen LogP) is 7.24. The van der Waals surface area contributed by atoms with Crippen LogP contribution in [0, 0.1) is 6.92 Å². The van der Waals surface area contributed by atoms with E-state index in [0.717, 1.165) is 44.0 Å². The molecule has 8 heteroatoms. The number of anilines is 1. The zero-order chi connectivity index (χ0) is 29.1. The molecule has 0 amide bonds. The number of benzene rings is 2. The molecule has 0 atom stereocenters. The van der Waals surface area contributed by atoms with Crippen molar-refractivity contribution >= 4 is 34.5 Å². The van der Waals surface area contributed by atoms with E-state index < -0.39 is 5.97 Å². The number of rotatable bonds is 8. The number of aryl methyl sites for hydroxylation is 1. The first-order valence-electron chi connectivity index (χ1n) is 13.3. The van der Waals surface area contributed by atoms with Crippen LogP contribution in [0.15, 0.2) is 73.1 Å². The normalized spacial score (nSPS) is 13.4. The van der Waals surface area contributed by atoms with Crippen LogP contribution in [0.1, 0.15) is 52.0 Å². The van der Waals surface area contributed by atoms with Crippen LogP contribution in [0.25, 0.3) is 16.7 Å². The van der Waals surface area contributed by atoms with Crippen LogP contribution < -0.4 is 14.8 Å². The third-order valence-corrected chi connectivity index (χ3v) is 7.78. The van der Waals surface area contributed by atoms with Gasteiger partial charge < -0.3 is 19.5 Å². The third kappa shape index (κ3) is 6.33. The maximum atomic E-state index is 12.9. The second-order valence-electron chi connectivity index (χ2n) is 10.5. The van der Waals surface area contributed by atoms with E-state index in [4.69, 9.17) is 14.2 Å². The first kappa shape index (κ1) is 28.1. The number of carbonyl (C=O) groups is 2. The van der Waals surface area contributed by atoms with Crippen LogP contribution >= 0.6 is 11.3 Å². The smallest absolute Gasteiger partial charge is 0.348 e. The maximum absolute atomic E-state index is 12.9. The molecule has 1 aliphatic heterocycles. The van der Waals surface area contributed by atoms with Crippen LogP contribution in [0.5, 0.6) is 11.5 Å². The highest BCUT2D eigenvalue weighted by atomic mass is 32.1. The number of methoxy groups -OCH3 is 1. The topological polar surface area (TPSA) is 86.8 Å². The summed E-state index contributed by atoms with van der Waals surface area (Å²) in [6, 6.07) is 16.7. The number of fused-ring (bicyclic) bond motifs is 1. The number of ether oxygens (including phenoxy) is 3. The molecule has 1 aliphatic rings. The molecule has 0 spiro atoms. The SMILES string of the molecule is COc1cc(OC(=O)Cc2cccnc2)ccc1-c1ccc2c(c1COC(=O)c1ccc(C)s1)C(C)=CC(C)(C)N2. The van der Waals surface area contributed by atoms with Gasteiger partial charge in [0, 0.05) is 45.7 Å². The summed E-state index contributed by atoms with van der Waals surface area (Å²) >= 11 is 1.41. The molecule has 5 rings (SSSR count). The van der Waals surface area contributed by atoms with Crippen molar-refractivity contribution in [3.8, 4) is 22.6 Å². The Morgan fingerprint density at radius 3 is 2.54 bits per heavy atom. The lowest BCUT2D eigenvalue weighted by molar-refractivity contribution is -0.133. The van der Waals surface area contributed by atoms with Gasteiger partial charge in [-0.3, -0.25) is 9.78 Å². The third-order valence-electron chi connectivity index (χ3n) is 6.80. The minimum absolute atomic E-state index is 0.0760. The number of nitrogens with one attached hydrogen (secondary N) is 1. The maximum Gasteiger partial charge on any atom is 0.348 e. The van der Waals surface area contributed by atoms with Crippen molar-refractivity contribution in [2.75, 3.05) is 12.4 Å². The average Bonchev–Trinajstić information content (AvgIpc) is 3.37. The van der Waals surface area contributed by atoms with E-state index >= 15 is 0 Å². The lowest BCUT2D eigenvalue weighted by Crippen LogP contribution is -2.32. The second kappa shape index (κ2) is 11.6. The summed E-state index contributed by atoms with van der Waals surface area (Å²) in [5, 5.41) is 3.58. The van der Waals surface area contributed by atoms with E-state index in [2.05, 4.69) is 37.1 Å². The molecule has 0 radical (unpaired) electrons. The number of hydrogen-bond acceptors (Lipinski definition) is 8. The van der Waals surface area contributed by atoms with Gasteiger partial charge >= 0.3 is 11.9 Å². The number of hydrogen-bond donors (Lipinski definition) is 1. The first-order chi connectivity index (χ1) is 19.6. The summed E-state index contributed by atoms with van der Waals surface area (Å²) < 4.78 is 17.2. The molecule has 2 aromatic heterocycles. The molecule has 210 valence electrons. The van der Waals surface area contributed by atoms with Crippen molar-refractivity contribution in [2.45, 2.75) is 46.3 Å². The highest BCUT2D eigenvalue weighted by molar-refractivity contribution is 7.13. The van der Waals surface area contributed by atoms with E-state index in [1.54, 1.807) is 43.8 Å². The quantitative estimate of drug-likeness (QED) is 0.177. The number of esters is 2. The molecule has 7 nitrogen and oxygen atoms in total. The molecule has 0 aliphatic carbocycles. The Morgan fingerprint density at radius 2 is 1.83 bits per heavy atom.